The number of aromatic nitrogens is 2. The number of thiazole rings is 2. The van der Waals surface area contributed by atoms with E-state index in [0.29, 0.717) is 50.8 Å². The van der Waals surface area contributed by atoms with Crippen LogP contribution in [0.5, 0.6) is 5.75 Å². The molecule has 0 radical (unpaired) electrons. The molecular weight excluding hydrogens is 849 g/mol. The van der Waals surface area contributed by atoms with Crippen LogP contribution in [0.15, 0.2) is 90.4 Å². The van der Waals surface area contributed by atoms with Crippen molar-refractivity contribution in [1.82, 2.24) is 25.1 Å². The van der Waals surface area contributed by atoms with Crippen molar-refractivity contribution in [3.63, 3.8) is 0 Å². The molecule has 3 N–H and O–H groups in total. The summed E-state index contributed by atoms with van der Waals surface area (Å²) < 4.78 is 19.1. The summed E-state index contributed by atoms with van der Waals surface area (Å²) in [6, 6.07) is 26.1. The number of rotatable bonds is 19. The van der Waals surface area contributed by atoms with Gasteiger partial charge in [0.1, 0.15) is 29.4 Å². The Labute approximate surface area is 381 Å². The first-order valence-corrected chi connectivity index (χ1v) is 23.4. The molecule has 2 aromatic heterocycles. The maximum Gasteiger partial charge on any atom is 0.255 e. The summed E-state index contributed by atoms with van der Waals surface area (Å²) >= 11 is 3.24. The molecule has 4 aromatic carbocycles. The molecule has 0 spiro atoms. The highest BCUT2D eigenvalue weighted by atomic mass is 32.1. The third kappa shape index (κ3) is 10.3. The molecule has 1 saturated heterocycles. The second-order valence-corrected chi connectivity index (χ2v) is 18.4. The average molecular weight is 903 g/mol. The number of ether oxygens (including phenoxy) is 3. The maximum atomic E-state index is 14.2. The monoisotopic (exact) mass is 902 g/mol. The van der Waals surface area contributed by atoms with E-state index in [4.69, 9.17) is 19.2 Å². The highest BCUT2D eigenvalue weighted by Gasteiger charge is 2.45. The number of nitrogens with one attached hydrogen (secondary N) is 2. The van der Waals surface area contributed by atoms with Crippen LogP contribution in [-0.2, 0) is 32.2 Å². The van der Waals surface area contributed by atoms with Gasteiger partial charge in [-0.15, -0.1) is 22.7 Å². The molecule has 15 heteroatoms. The van der Waals surface area contributed by atoms with Crippen LogP contribution in [0.2, 0.25) is 0 Å². The highest BCUT2D eigenvalue weighted by molar-refractivity contribution is 7.21. The number of amides is 3. The van der Waals surface area contributed by atoms with E-state index in [2.05, 4.69) is 65.0 Å². The Hall–Kier alpha value is -5.71. The molecule has 6 aromatic rings. The summed E-state index contributed by atoms with van der Waals surface area (Å²) in [6.45, 7) is 10.9. The fraction of sp³-hybridized carbons (Fsp3) is 0.367. The zero-order valence-corrected chi connectivity index (χ0v) is 38.2. The van der Waals surface area contributed by atoms with Gasteiger partial charge in [-0.05, 0) is 85.0 Å². The first kappa shape index (κ1) is 44.9. The number of β-amino-alcohol motifs (C(OH)–C–C–N with tert-alkyl or cyclic N) is 1. The number of hydrogen-bond donors (Lipinski definition) is 3. The number of nitrogens with zero attached hydrogens (tertiary/aromatic N) is 4. The lowest BCUT2D eigenvalue weighted by Gasteiger charge is -2.35. The second kappa shape index (κ2) is 20.4. The first-order chi connectivity index (χ1) is 31.0. The number of benzene rings is 4. The van der Waals surface area contributed by atoms with E-state index in [1.807, 2.05) is 57.2 Å². The smallest absolute Gasteiger partial charge is 0.255 e. The van der Waals surface area contributed by atoms with Gasteiger partial charge < -0.3 is 39.8 Å². The SMILES string of the molecule is Cc1ccc2nc(-c3ccc(NCCOCCOCCOc4cc(-c5scnc5C)ccc4CNC(=O)C4C[C@@H](O)CN4C(=O)[C@H](C(C)C)N4Cc5ccccc5C4=O)cc3)sc2c1. The molecule has 64 heavy (non-hydrogen) atoms. The van der Waals surface area contributed by atoms with Crippen molar-refractivity contribution in [2.45, 2.75) is 65.4 Å². The number of hydrogen-bond acceptors (Lipinski definition) is 12. The molecule has 2 aliphatic heterocycles. The highest BCUT2D eigenvalue weighted by Crippen LogP contribution is 2.34. The molecule has 3 atom stereocenters. The molecule has 8 rings (SSSR count). The zero-order chi connectivity index (χ0) is 44.7. The van der Waals surface area contributed by atoms with Crippen LogP contribution in [0.1, 0.15) is 53.0 Å². The fourth-order valence-corrected chi connectivity index (χ4v) is 10.2. The van der Waals surface area contributed by atoms with Gasteiger partial charge in [0.15, 0.2) is 0 Å². The van der Waals surface area contributed by atoms with Gasteiger partial charge in [0.25, 0.3) is 5.91 Å². The summed E-state index contributed by atoms with van der Waals surface area (Å²) in [4.78, 5) is 54.7. The largest absolute Gasteiger partial charge is 0.491 e. The molecule has 4 heterocycles. The van der Waals surface area contributed by atoms with Crippen molar-refractivity contribution in [3.8, 4) is 26.8 Å². The van der Waals surface area contributed by atoms with Crippen molar-refractivity contribution in [2.24, 2.45) is 5.92 Å². The summed E-state index contributed by atoms with van der Waals surface area (Å²) in [5.74, 6) is -0.565. The summed E-state index contributed by atoms with van der Waals surface area (Å²) in [5.41, 5.74) is 10.2. The Balaban J connectivity index is 0.803. The summed E-state index contributed by atoms with van der Waals surface area (Å²) in [6.07, 6.45) is -0.771. The number of fused-ring (bicyclic) bond motifs is 2. The Morgan fingerprint density at radius 3 is 2.45 bits per heavy atom. The summed E-state index contributed by atoms with van der Waals surface area (Å²) in [5, 5.41) is 18.1. The van der Waals surface area contributed by atoms with E-state index >= 15 is 0 Å². The van der Waals surface area contributed by atoms with Gasteiger partial charge in [-0.3, -0.25) is 14.4 Å². The van der Waals surface area contributed by atoms with E-state index in [9.17, 15) is 19.5 Å². The molecule has 1 fully saturated rings. The van der Waals surface area contributed by atoms with Crippen LogP contribution < -0.4 is 15.4 Å². The Morgan fingerprint density at radius 1 is 0.922 bits per heavy atom. The number of likely N-dealkylation sites (tertiary alicyclic amines) is 1. The minimum atomic E-state index is -0.898. The first-order valence-electron chi connectivity index (χ1n) is 21.7. The normalized spacial score (nSPS) is 16.4. The quantitative estimate of drug-likeness (QED) is 0.0697. The summed E-state index contributed by atoms with van der Waals surface area (Å²) in [7, 11) is 0. The number of carbonyl (C=O) groups is 3. The van der Waals surface area contributed by atoms with E-state index in [1.165, 1.54) is 15.2 Å². The third-order valence-corrected chi connectivity index (χ3v) is 13.6. The molecule has 0 aliphatic carbocycles. The second-order valence-electron chi connectivity index (χ2n) is 16.5. The molecule has 3 amide bonds. The number of aryl methyl sites for hydroxylation is 2. The third-order valence-electron chi connectivity index (χ3n) is 11.6. The number of aliphatic hydroxyl groups is 1. The molecule has 13 nitrogen and oxygen atoms in total. The van der Waals surface area contributed by atoms with Gasteiger partial charge in [0.2, 0.25) is 11.8 Å². The van der Waals surface area contributed by atoms with Crippen molar-refractivity contribution < 1.29 is 33.7 Å². The topological polar surface area (TPSA) is 155 Å². The lowest BCUT2D eigenvalue weighted by molar-refractivity contribution is -0.143. The van der Waals surface area contributed by atoms with Gasteiger partial charge in [0, 0.05) is 55.0 Å². The van der Waals surface area contributed by atoms with E-state index in [-0.39, 0.29) is 49.8 Å². The van der Waals surface area contributed by atoms with Crippen molar-refractivity contribution in [1.29, 1.82) is 0 Å². The van der Waals surface area contributed by atoms with Crippen molar-refractivity contribution in [3.05, 3.63) is 118 Å². The van der Waals surface area contributed by atoms with Crippen LogP contribution in [0.3, 0.4) is 0 Å². The van der Waals surface area contributed by atoms with Gasteiger partial charge >= 0.3 is 0 Å². The van der Waals surface area contributed by atoms with Crippen LogP contribution in [0.4, 0.5) is 5.69 Å². The molecule has 0 bridgehead atoms. The number of aliphatic hydroxyl groups excluding tert-OH is 1. The van der Waals surface area contributed by atoms with Gasteiger partial charge in [-0.25, -0.2) is 9.97 Å². The van der Waals surface area contributed by atoms with Gasteiger partial charge in [0.05, 0.1) is 58.8 Å². The Bertz CT molecular complexity index is 2590. The molecular formula is C49H54N6O7S2. The van der Waals surface area contributed by atoms with Crippen LogP contribution in [-0.4, -0.2) is 107 Å². The van der Waals surface area contributed by atoms with E-state index < -0.39 is 18.2 Å². The maximum absolute atomic E-state index is 14.2. The molecule has 334 valence electrons. The van der Waals surface area contributed by atoms with Gasteiger partial charge in [-0.2, -0.15) is 0 Å². The Kier molecular flexibility index (Phi) is 14.3. The zero-order valence-electron chi connectivity index (χ0n) is 36.5. The predicted molar refractivity (Wildman–Crippen MR) is 251 cm³/mol. The number of carbonyl (C=O) groups excluding carboxylic acids is 3. The Morgan fingerprint density at radius 2 is 1.69 bits per heavy atom. The fourth-order valence-electron chi connectivity index (χ4n) is 8.30. The average Bonchev–Trinajstić information content (AvgIpc) is 4.09. The van der Waals surface area contributed by atoms with Crippen LogP contribution in [0, 0.1) is 19.8 Å². The lowest BCUT2D eigenvalue weighted by atomic mass is 10.0. The van der Waals surface area contributed by atoms with E-state index in [0.717, 1.165) is 49.0 Å². The van der Waals surface area contributed by atoms with Crippen molar-refractivity contribution >= 4 is 56.3 Å². The molecule has 1 unspecified atom stereocenters. The standard InChI is InChI=1S/C49H54N6O7S2/c1-30(2)44(55-27-36-7-5-6-8-39(36)48(55)58)49(59)54-28-38(56)25-41(54)46(57)51-26-35-11-10-34(45-32(4)52-29-63-45)24-42(35)62-22-21-61-20-19-60-18-17-50-37-14-12-33(13-15-37)47-53-40-16-9-31(3)23-43(40)64-47/h5-16,23-24,29-30,38,41,44,50,56H,17-22,25-28H2,1-4H3,(H,51,57)/t38-,41?,44+/m1/s1. The predicted octanol–water partition coefficient (Wildman–Crippen LogP) is 7.49. The van der Waals surface area contributed by atoms with E-state index in [1.54, 1.807) is 39.2 Å². The lowest BCUT2D eigenvalue weighted by Crippen LogP contribution is -2.55. The molecule has 0 saturated carbocycles. The minimum absolute atomic E-state index is 0.00949. The van der Waals surface area contributed by atoms with Crippen LogP contribution in [0.25, 0.3) is 31.2 Å². The van der Waals surface area contributed by atoms with Crippen LogP contribution >= 0.6 is 22.7 Å². The minimum Gasteiger partial charge on any atom is -0.491 e. The number of anilines is 1. The van der Waals surface area contributed by atoms with Gasteiger partial charge in [-0.1, -0.05) is 50.2 Å². The molecule has 2 aliphatic rings. The van der Waals surface area contributed by atoms with Crippen molar-refractivity contribution in [2.75, 3.05) is 51.4 Å².